The fourth-order valence-electron chi connectivity index (χ4n) is 2.13. The lowest BCUT2D eigenvalue weighted by Gasteiger charge is -2.16. The van der Waals surface area contributed by atoms with E-state index in [1.54, 1.807) is 18.9 Å². The van der Waals surface area contributed by atoms with Gasteiger partial charge in [0, 0.05) is 31.4 Å². The maximum atomic E-state index is 5.39. The molecule has 108 valence electrons. The number of benzene rings is 1. The quantitative estimate of drug-likeness (QED) is 0.878. The summed E-state index contributed by atoms with van der Waals surface area (Å²) < 4.78 is 12.6. The molecule has 0 saturated heterocycles. The number of hydrogen-bond donors (Lipinski definition) is 1. The molecule has 0 aliphatic heterocycles. The van der Waals surface area contributed by atoms with Gasteiger partial charge < -0.3 is 14.8 Å². The van der Waals surface area contributed by atoms with Crippen LogP contribution < -0.4 is 14.8 Å². The summed E-state index contributed by atoms with van der Waals surface area (Å²) in [7, 11) is 5.25. The number of ether oxygens (including phenoxy) is 2. The summed E-state index contributed by atoms with van der Waals surface area (Å²) in [6, 6.07) is 7.96. The standard InChI is InChI=1S/C15H21N3O2/c1-11(13-8-9-18(2)17-13)16-10-12-14(19-3)6-5-7-15(12)20-4/h5-9,11,16H,10H2,1-4H3. The van der Waals surface area contributed by atoms with Gasteiger partial charge in [0.15, 0.2) is 0 Å². The summed E-state index contributed by atoms with van der Waals surface area (Å²) in [5.74, 6) is 1.65. The van der Waals surface area contributed by atoms with Gasteiger partial charge in [-0.15, -0.1) is 0 Å². The smallest absolute Gasteiger partial charge is 0.127 e. The molecule has 1 N–H and O–H groups in total. The average Bonchev–Trinajstić information content (AvgIpc) is 2.90. The molecular formula is C15H21N3O2. The second kappa shape index (κ2) is 6.43. The summed E-state index contributed by atoms with van der Waals surface area (Å²) >= 11 is 0. The first-order valence-corrected chi connectivity index (χ1v) is 6.58. The molecule has 1 heterocycles. The molecule has 0 fully saturated rings. The van der Waals surface area contributed by atoms with Crippen LogP contribution in [0.2, 0.25) is 0 Å². The SMILES string of the molecule is COc1cccc(OC)c1CNC(C)c1ccn(C)n1. The van der Waals surface area contributed by atoms with E-state index in [0.29, 0.717) is 6.54 Å². The fourth-order valence-corrected chi connectivity index (χ4v) is 2.13. The molecule has 0 aliphatic rings. The zero-order chi connectivity index (χ0) is 14.5. The van der Waals surface area contributed by atoms with Gasteiger partial charge in [-0.3, -0.25) is 4.68 Å². The van der Waals surface area contributed by atoms with Crippen molar-refractivity contribution in [2.24, 2.45) is 7.05 Å². The van der Waals surface area contributed by atoms with Gasteiger partial charge >= 0.3 is 0 Å². The van der Waals surface area contributed by atoms with Crippen molar-refractivity contribution in [1.29, 1.82) is 0 Å². The highest BCUT2D eigenvalue weighted by Crippen LogP contribution is 2.28. The molecule has 2 aromatic rings. The van der Waals surface area contributed by atoms with Gasteiger partial charge in [-0.2, -0.15) is 5.10 Å². The van der Waals surface area contributed by atoms with Crippen LogP contribution in [0.5, 0.6) is 11.5 Å². The number of hydrogen-bond acceptors (Lipinski definition) is 4. The first kappa shape index (κ1) is 14.4. The lowest BCUT2D eigenvalue weighted by atomic mass is 10.1. The summed E-state index contributed by atoms with van der Waals surface area (Å²) in [4.78, 5) is 0. The second-order valence-electron chi connectivity index (χ2n) is 4.66. The molecule has 5 heteroatoms. The maximum Gasteiger partial charge on any atom is 0.127 e. The molecule has 1 unspecified atom stereocenters. The molecular weight excluding hydrogens is 254 g/mol. The van der Waals surface area contributed by atoms with Gasteiger partial charge in [0.05, 0.1) is 19.9 Å². The Morgan fingerprint density at radius 3 is 2.35 bits per heavy atom. The molecule has 1 atom stereocenters. The molecule has 20 heavy (non-hydrogen) atoms. The number of aromatic nitrogens is 2. The Morgan fingerprint density at radius 1 is 1.20 bits per heavy atom. The van der Waals surface area contributed by atoms with Crippen molar-refractivity contribution in [2.45, 2.75) is 19.5 Å². The Labute approximate surface area is 119 Å². The van der Waals surface area contributed by atoms with Crippen LogP contribution in [0.15, 0.2) is 30.5 Å². The number of rotatable bonds is 6. The van der Waals surface area contributed by atoms with Gasteiger partial charge in [-0.1, -0.05) is 6.07 Å². The van der Waals surface area contributed by atoms with Crippen molar-refractivity contribution in [3.8, 4) is 11.5 Å². The Morgan fingerprint density at radius 2 is 1.85 bits per heavy atom. The van der Waals surface area contributed by atoms with Crippen molar-refractivity contribution in [3.05, 3.63) is 41.7 Å². The third-order valence-corrected chi connectivity index (χ3v) is 3.29. The molecule has 0 radical (unpaired) electrons. The number of nitrogens with zero attached hydrogens (tertiary/aromatic N) is 2. The van der Waals surface area contributed by atoms with E-state index in [2.05, 4.69) is 17.3 Å². The zero-order valence-electron chi connectivity index (χ0n) is 12.4. The Kier molecular flexibility index (Phi) is 4.63. The highest BCUT2D eigenvalue weighted by Gasteiger charge is 2.13. The Bertz CT molecular complexity index is 544. The topological polar surface area (TPSA) is 48.3 Å². The maximum absolute atomic E-state index is 5.39. The van der Waals surface area contributed by atoms with Gasteiger partial charge in [0.2, 0.25) is 0 Å². The molecule has 1 aromatic carbocycles. The highest BCUT2D eigenvalue weighted by molar-refractivity contribution is 5.44. The molecule has 0 saturated carbocycles. The lowest BCUT2D eigenvalue weighted by molar-refractivity contribution is 0.380. The fraction of sp³-hybridized carbons (Fsp3) is 0.400. The van der Waals surface area contributed by atoms with E-state index < -0.39 is 0 Å². The normalized spacial score (nSPS) is 12.2. The minimum atomic E-state index is 0.158. The third-order valence-electron chi connectivity index (χ3n) is 3.29. The predicted octanol–water partition coefficient (Wildman–Crippen LogP) is 2.29. The number of aryl methyl sites for hydroxylation is 1. The highest BCUT2D eigenvalue weighted by atomic mass is 16.5. The van der Waals surface area contributed by atoms with E-state index in [1.807, 2.05) is 37.5 Å². The zero-order valence-corrected chi connectivity index (χ0v) is 12.4. The van der Waals surface area contributed by atoms with E-state index in [0.717, 1.165) is 22.8 Å². The number of methoxy groups -OCH3 is 2. The number of nitrogens with one attached hydrogen (secondary N) is 1. The molecule has 1 aromatic heterocycles. The predicted molar refractivity (Wildman–Crippen MR) is 78.0 cm³/mol. The summed E-state index contributed by atoms with van der Waals surface area (Å²) in [5.41, 5.74) is 2.03. The van der Waals surface area contributed by atoms with Gasteiger partial charge in [0.1, 0.15) is 11.5 Å². The van der Waals surface area contributed by atoms with Crippen LogP contribution in [0.4, 0.5) is 0 Å². The lowest BCUT2D eigenvalue weighted by Crippen LogP contribution is -2.19. The first-order valence-electron chi connectivity index (χ1n) is 6.58. The summed E-state index contributed by atoms with van der Waals surface area (Å²) in [5, 5.41) is 7.84. The van der Waals surface area contributed by atoms with Gasteiger partial charge in [-0.25, -0.2) is 0 Å². The van der Waals surface area contributed by atoms with Crippen molar-refractivity contribution in [2.75, 3.05) is 14.2 Å². The van der Waals surface area contributed by atoms with Crippen molar-refractivity contribution >= 4 is 0 Å². The van der Waals surface area contributed by atoms with E-state index in [1.165, 1.54) is 0 Å². The summed E-state index contributed by atoms with van der Waals surface area (Å²) in [6.45, 7) is 2.75. The van der Waals surface area contributed by atoms with Gasteiger partial charge in [-0.05, 0) is 25.1 Å². The third kappa shape index (κ3) is 3.11. The van der Waals surface area contributed by atoms with Crippen molar-refractivity contribution in [1.82, 2.24) is 15.1 Å². The largest absolute Gasteiger partial charge is 0.496 e. The van der Waals surface area contributed by atoms with Crippen LogP contribution in [-0.2, 0) is 13.6 Å². The van der Waals surface area contributed by atoms with Gasteiger partial charge in [0.25, 0.3) is 0 Å². The Hall–Kier alpha value is -2.01. The molecule has 5 nitrogen and oxygen atoms in total. The first-order chi connectivity index (χ1) is 9.65. The Balaban J connectivity index is 2.10. The van der Waals surface area contributed by atoms with Crippen LogP contribution in [0, 0.1) is 0 Å². The average molecular weight is 275 g/mol. The van der Waals surface area contributed by atoms with Crippen LogP contribution in [0.1, 0.15) is 24.2 Å². The van der Waals surface area contributed by atoms with Crippen LogP contribution in [0.25, 0.3) is 0 Å². The van der Waals surface area contributed by atoms with Crippen molar-refractivity contribution < 1.29 is 9.47 Å². The monoisotopic (exact) mass is 275 g/mol. The van der Waals surface area contributed by atoms with E-state index in [4.69, 9.17) is 9.47 Å². The minimum absolute atomic E-state index is 0.158. The van der Waals surface area contributed by atoms with Crippen molar-refractivity contribution in [3.63, 3.8) is 0 Å². The molecule has 0 aliphatic carbocycles. The van der Waals surface area contributed by atoms with E-state index in [9.17, 15) is 0 Å². The molecule has 0 spiro atoms. The molecule has 0 amide bonds. The second-order valence-corrected chi connectivity index (χ2v) is 4.66. The molecule has 0 bridgehead atoms. The summed E-state index contributed by atoms with van der Waals surface area (Å²) in [6.07, 6.45) is 1.94. The van der Waals surface area contributed by atoms with E-state index >= 15 is 0 Å². The molecule has 2 rings (SSSR count). The van der Waals surface area contributed by atoms with E-state index in [-0.39, 0.29) is 6.04 Å². The van der Waals surface area contributed by atoms with Crippen LogP contribution >= 0.6 is 0 Å². The minimum Gasteiger partial charge on any atom is -0.496 e. The van der Waals surface area contributed by atoms with Crippen LogP contribution in [-0.4, -0.2) is 24.0 Å². The van der Waals surface area contributed by atoms with Crippen LogP contribution in [0.3, 0.4) is 0 Å².